The van der Waals surface area contributed by atoms with Crippen molar-refractivity contribution >= 4 is 33.6 Å². The Morgan fingerprint density at radius 2 is 1.59 bits per heavy atom. The van der Waals surface area contributed by atoms with E-state index in [0.29, 0.717) is 17.3 Å². The fraction of sp³-hybridized carbons (Fsp3) is 0.259. The molecule has 0 unspecified atom stereocenters. The highest BCUT2D eigenvalue weighted by molar-refractivity contribution is 5.95. The first-order chi connectivity index (χ1) is 16.2. The molecule has 1 N–H and O–H groups in total. The van der Waals surface area contributed by atoms with Gasteiger partial charge in [-0.1, -0.05) is 22.9 Å². The van der Waals surface area contributed by atoms with Gasteiger partial charge in [0.05, 0.1) is 17.6 Å². The molecule has 0 saturated carbocycles. The number of nitrogens with zero attached hydrogens (tertiary/aromatic N) is 4. The monoisotopic (exact) mass is 453 g/mol. The molecule has 0 fully saturated rings. The minimum Gasteiger partial charge on any atom is -0.356 e. The molecule has 0 radical (unpaired) electrons. The molecule has 172 valence electrons. The number of pyridine rings is 1. The van der Waals surface area contributed by atoms with Crippen molar-refractivity contribution in [1.29, 1.82) is 0 Å². The van der Waals surface area contributed by atoms with Gasteiger partial charge in [0.25, 0.3) is 0 Å². The number of amides is 1. The summed E-state index contributed by atoms with van der Waals surface area (Å²) >= 11 is 0. The van der Waals surface area contributed by atoms with Gasteiger partial charge in [0, 0.05) is 16.8 Å². The molecule has 0 spiro atoms. The van der Waals surface area contributed by atoms with E-state index in [2.05, 4.69) is 48.5 Å². The predicted molar refractivity (Wildman–Crippen MR) is 134 cm³/mol. The van der Waals surface area contributed by atoms with Gasteiger partial charge >= 0.3 is 0 Å². The van der Waals surface area contributed by atoms with Crippen LogP contribution in [0.4, 0.5) is 5.82 Å². The fourth-order valence-electron chi connectivity index (χ4n) is 4.61. The molecule has 7 nitrogen and oxygen atoms in total. The number of carbonyl (C=O) groups is 1. The third-order valence-electron chi connectivity index (χ3n) is 6.06. The van der Waals surface area contributed by atoms with Crippen molar-refractivity contribution in [3.8, 4) is 5.82 Å². The van der Waals surface area contributed by atoms with Crippen molar-refractivity contribution < 1.29 is 9.32 Å². The van der Waals surface area contributed by atoms with Gasteiger partial charge in [0.15, 0.2) is 11.4 Å². The van der Waals surface area contributed by atoms with Crippen LogP contribution < -0.4 is 5.32 Å². The van der Waals surface area contributed by atoms with Gasteiger partial charge in [-0.15, -0.1) is 0 Å². The van der Waals surface area contributed by atoms with Crippen LogP contribution in [0, 0.1) is 41.5 Å². The SMILES string of the molecule is Cc1cc(C)c2nc(-n3nc(C)cc3NC(=O)Cc3noc4c(C)cc(C)cc34)cc(C)c2c1. The highest BCUT2D eigenvalue weighted by atomic mass is 16.5. The van der Waals surface area contributed by atoms with E-state index >= 15 is 0 Å². The maximum atomic E-state index is 13.0. The average Bonchev–Trinajstić information content (AvgIpc) is 3.32. The van der Waals surface area contributed by atoms with E-state index in [-0.39, 0.29) is 12.3 Å². The topological polar surface area (TPSA) is 85.8 Å². The molecular formula is C27H27N5O2. The van der Waals surface area contributed by atoms with Gasteiger partial charge in [-0.25, -0.2) is 4.98 Å². The van der Waals surface area contributed by atoms with Crippen LogP contribution in [0.5, 0.6) is 0 Å². The summed E-state index contributed by atoms with van der Waals surface area (Å²) in [6.45, 7) is 12.1. The number of aryl methyl sites for hydroxylation is 6. The number of hydrogen-bond acceptors (Lipinski definition) is 5. The fourth-order valence-corrected chi connectivity index (χ4v) is 4.61. The van der Waals surface area contributed by atoms with Crippen LogP contribution in [0.25, 0.3) is 27.7 Å². The van der Waals surface area contributed by atoms with Gasteiger partial charge in [-0.2, -0.15) is 9.78 Å². The Bertz CT molecular complexity index is 1590. The van der Waals surface area contributed by atoms with Crippen molar-refractivity contribution in [2.75, 3.05) is 5.32 Å². The van der Waals surface area contributed by atoms with Crippen LogP contribution in [-0.4, -0.2) is 25.8 Å². The second kappa shape index (κ2) is 8.09. The lowest BCUT2D eigenvalue weighted by molar-refractivity contribution is -0.115. The zero-order valence-electron chi connectivity index (χ0n) is 20.3. The predicted octanol–water partition coefficient (Wildman–Crippen LogP) is 5.59. The van der Waals surface area contributed by atoms with E-state index in [4.69, 9.17) is 9.51 Å². The zero-order valence-corrected chi connectivity index (χ0v) is 20.3. The molecule has 0 atom stereocenters. The Kier molecular flexibility index (Phi) is 5.20. The number of carbonyl (C=O) groups excluding carboxylic acids is 1. The minimum atomic E-state index is -0.195. The van der Waals surface area contributed by atoms with Crippen LogP contribution in [0.3, 0.4) is 0 Å². The van der Waals surface area contributed by atoms with Gasteiger partial charge in [-0.05, 0) is 82.0 Å². The third-order valence-corrected chi connectivity index (χ3v) is 6.06. The van der Waals surface area contributed by atoms with Crippen molar-refractivity contribution in [2.45, 2.75) is 48.0 Å². The van der Waals surface area contributed by atoms with Crippen LogP contribution in [0.2, 0.25) is 0 Å². The molecule has 0 aliphatic carbocycles. The molecule has 0 aliphatic heterocycles. The molecule has 34 heavy (non-hydrogen) atoms. The van der Waals surface area contributed by atoms with Crippen LogP contribution in [0.1, 0.15) is 39.2 Å². The van der Waals surface area contributed by atoms with Crippen molar-refractivity contribution in [2.24, 2.45) is 0 Å². The van der Waals surface area contributed by atoms with E-state index in [0.717, 1.165) is 49.8 Å². The lowest BCUT2D eigenvalue weighted by atomic mass is 10.0. The molecule has 0 saturated heterocycles. The van der Waals surface area contributed by atoms with Crippen molar-refractivity contribution in [3.63, 3.8) is 0 Å². The minimum absolute atomic E-state index is 0.0999. The smallest absolute Gasteiger partial charge is 0.231 e. The summed E-state index contributed by atoms with van der Waals surface area (Å²) in [5, 5.41) is 13.7. The summed E-state index contributed by atoms with van der Waals surface area (Å²) in [7, 11) is 0. The number of fused-ring (bicyclic) bond motifs is 2. The summed E-state index contributed by atoms with van der Waals surface area (Å²) in [5.74, 6) is 1.04. The van der Waals surface area contributed by atoms with E-state index in [1.54, 1.807) is 4.68 Å². The molecule has 3 heterocycles. The zero-order chi connectivity index (χ0) is 24.1. The van der Waals surface area contributed by atoms with Gasteiger partial charge < -0.3 is 9.84 Å². The third kappa shape index (κ3) is 3.83. The first kappa shape index (κ1) is 21.8. The van der Waals surface area contributed by atoms with Crippen LogP contribution in [0.15, 0.2) is 40.9 Å². The van der Waals surface area contributed by atoms with E-state index in [1.807, 2.05) is 45.0 Å². The number of nitrogens with one attached hydrogen (secondary N) is 1. The summed E-state index contributed by atoms with van der Waals surface area (Å²) < 4.78 is 7.19. The number of benzene rings is 2. The van der Waals surface area contributed by atoms with Crippen LogP contribution in [-0.2, 0) is 11.2 Å². The summed E-state index contributed by atoms with van der Waals surface area (Å²) in [6.07, 6.45) is 0.0999. The van der Waals surface area contributed by atoms with Gasteiger partial charge in [-0.3, -0.25) is 4.79 Å². The van der Waals surface area contributed by atoms with E-state index in [1.165, 1.54) is 5.56 Å². The number of aromatic nitrogens is 4. The molecule has 7 heteroatoms. The Morgan fingerprint density at radius 3 is 2.35 bits per heavy atom. The van der Waals surface area contributed by atoms with E-state index in [9.17, 15) is 4.79 Å². The molecule has 3 aromatic heterocycles. The molecular weight excluding hydrogens is 426 g/mol. The second-order valence-electron chi connectivity index (χ2n) is 9.17. The normalized spacial score (nSPS) is 11.5. The van der Waals surface area contributed by atoms with Gasteiger partial charge in [0.1, 0.15) is 11.5 Å². The molecule has 2 aromatic carbocycles. The quantitative estimate of drug-likeness (QED) is 0.383. The molecule has 0 bridgehead atoms. The van der Waals surface area contributed by atoms with Crippen molar-refractivity contribution in [3.05, 3.63) is 75.6 Å². The Labute approximate surface area is 197 Å². The Hall–Kier alpha value is -4.00. The molecule has 0 aliphatic rings. The first-order valence-corrected chi connectivity index (χ1v) is 11.3. The van der Waals surface area contributed by atoms with Gasteiger partial charge in [0.2, 0.25) is 5.91 Å². The lowest BCUT2D eigenvalue weighted by Gasteiger charge is -2.12. The Balaban J connectivity index is 1.48. The lowest BCUT2D eigenvalue weighted by Crippen LogP contribution is -2.18. The Morgan fingerprint density at radius 1 is 0.882 bits per heavy atom. The molecule has 5 rings (SSSR count). The maximum absolute atomic E-state index is 13.0. The molecule has 5 aromatic rings. The van der Waals surface area contributed by atoms with Crippen LogP contribution >= 0.6 is 0 Å². The maximum Gasteiger partial charge on any atom is 0.231 e. The standard InChI is InChI=1S/C27H27N5O2/c1-14-7-17(4)26-20(9-14)16(3)11-23(29-26)32-24(12-19(6)30-32)28-25(33)13-22-21-10-15(2)8-18(5)27(21)34-31-22/h7-12H,13H2,1-6H3,(H,28,33). The number of rotatable bonds is 4. The first-order valence-electron chi connectivity index (χ1n) is 11.3. The number of anilines is 1. The highest BCUT2D eigenvalue weighted by Gasteiger charge is 2.18. The molecule has 1 amide bonds. The average molecular weight is 454 g/mol. The highest BCUT2D eigenvalue weighted by Crippen LogP contribution is 2.27. The van der Waals surface area contributed by atoms with E-state index < -0.39 is 0 Å². The summed E-state index contributed by atoms with van der Waals surface area (Å²) in [5.41, 5.74) is 8.59. The second-order valence-corrected chi connectivity index (χ2v) is 9.17. The summed E-state index contributed by atoms with van der Waals surface area (Å²) in [4.78, 5) is 17.9. The largest absolute Gasteiger partial charge is 0.356 e. The summed E-state index contributed by atoms with van der Waals surface area (Å²) in [6, 6.07) is 12.2. The number of hydrogen-bond donors (Lipinski definition) is 1. The van der Waals surface area contributed by atoms with Crippen molar-refractivity contribution in [1.82, 2.24) is 19.9 Å².